The highest BCUT2D eigenvalue weighted by Crippen LogP contribution is 2.37. The molecule has 0 radical (unpaired) electrons. The summed E-state index contributed by atoms with van der Waals surface area (Å²) in [6.45, 7) is 2.17. The van der Waals surface area contributed by atoms with Crippen LogP contribution in [0.2, 0.25) is 10.0 Å². The molecule has 0 aromatic heterocycles. The number of nitrogens with one attached hydrogen (secondary N) is 2. The number of methoxy groups -OCH3 is 1. The Morgan fingerprint density at radius 1 is 1.06 bits per heavy atom. The molecule has 0 aliphatic rings. The Bertz CT molecular complexity index is 1130. The number of anilines is 1. The van der Waals surface area contributed by atoms with Crippen molar-refractivity contribution in [2.75, 3.05) is 25.5 Å². The molecule has 34 heavy (non-hydrogen) atoms. The molecule has 0 atom stereocenters. The molecule has 11 heteroatoms. The molecule has 0 saturated heterocycles. The number of rotatable bonds is 11. The lowest BCUT2D eigenvalue weighted by molar-refractivity contribution is -0.384. The van der Waals surface area contributed by atoms with Gasteiger partial charge in [0.25, 0.3) is 5.69 Å². The van der Waals surface area contributed by atoms with Crippen molar-refractivity contribution in [2.24, 2.45) is 0 Å². The van der Waals surface area contributed by atoms with Crippen LogP contribution in [0.3, 0.4) is 0 Å². The van der Waals surface area contributed by atoms with E-state index in [0.29, 0.717) is 53.5 Å². The number of benzene rings is 3. The monoisotopic (exact) mass is 589 g/mol. The van der Waals surface area contributed by atoms with Crippen molar-refractivity contribution >= 4 is 62.9 Å². The largest absolute Gasteiger partial charge is 0.493 e. The van der Waals surface area contributed by atoms with Gasteiger partial charge in [-0.05, 0) is 45.8 Å². The summed E-state index contributed by atoms with van der Waals surface area (Å²) in [4.78, 5) is 10.3. The molecular formula is C23H23BrCl3N3O4. The number of halogens is 4. The molecule has 0 heterocycles. The van der Waals surface area contributed by atoms with E-state index in [0.717, 1.165) is 15.6 Å². The highest BCUT2D eigenvalue weighted by molar-refractivity contribution is 9.10. The van der Waals surface area contributed by atoms with Crippen LogP contribution in [0.15, 0.2) is 59.1 Å². The molecule has 0 unspecified atom stereocenters. The van der Waals surface area contributed by atoms with Gasteiger partial charge in [-0.15, -0.1) is 12.4 Å². The lowest BCUT2D eigenvalue weighted by atomic mass is 10.2. The molecule has 3 aromatic carbocycles. The maximum atomic E-state index is 10.8. The minimum atomic E-state index is -0.475. The van der Waals surface area contributed by atoms with Gasteiger partial charge in [0.2, 0.25) is 0 Å². The topological polar surface area (TPSA) is 85.7 Å². The fraction of sp³-hybridized carbons (Fsp3) is 0.217. The van der Waals surface area contributed by atoms with E-state index in [4.69, 9.17) is 32.7 Å². The molecule has 3 aromatic rings. The third-order valence-corrected chi connectivity index (χ3v) is 6.00. The summed E-state index contributed by atoms with van der Waals surface area (Å²) in [5.74, 6) is 1.22. The molecule has 0 aliphatic carbocycles. The lowest BCUT2D eigenvalue weighted by Crippen LogP contribution is -2.22. The minimum absolute atomic E-state index is 0. The van der Waals surface area contributed by atoms with Crippen LogP contribution in [-0.4, -0.2) is 25.1 Å². The molecule has 0 spiro atoms. The SMILES string of the molecule is COc1cc(CNCCNc2ccc([N+](=O)[O-])cc2Cl)cc(Br)c1OCc1ccccc1Cl.Cl. The Balaban J connectivity index is 0.00000408. The maximum absolute atomic E-state index is 10.8. The standard InChI is InChI=1S/C23H22BrCl2N3O4.ClH/c1-32-22-11-15(10-18(24)23(22)33-14-16-4-2-3-5-19(16)25)13-27-8-9-28-21-7-6-17(29(30)31)12-20(21)26;/h2-7,10-12,27-28H,8-9,13-14H2,1H3;1H. The van der Waals surface area contributed by atoms with Crippen molar-refractivity contribution in [3.8, 4) is 11.5 Å². The van der Waals surface area contributed by atoms with E-state index in [9.17, 15) is 10.1 Å². The van der Waals surface area contributed by atoms with Crippen LogP contribution in [0.25, 0.3) is 0 Å². The number of hydrogen-bond donors (Lipinski definition) is 2. The third-order valence-electron chi connectivity index (χ3n) is 4.73. The van der Waals surface area contributed by atoms with Crippen molar-refractivity contribution in [1.82, 2.24) is 5.32 Å². The van der Waals surface area contributed by atoms with Gasteiger partial charge in [-0.1, -0.05) is 41.4 Å². The van der Waals surface area contributed by atoms with Gasteiger partial charge < -0.3 is 20.1 Å². The summed E-state index contributed by atoms with van der Waals surface area (Å²) in [7, 11) is 1.60. The van der Waals surface area contributed by atoms with Gasteiger partial charge in [-0.3, -0.25) is 10.1 Å². The Kier molecular flexibility index (Phi) is 11.2. The van der Waals surface area contributed by atoms with Crippen LogP contribution in [0.4, 0.5) is 11.4 Å². The Hall–Kier alpha value is -2.23. The molecule has 0 aliphatic heterocycles. The van der Waals surface area contributed by atoms with Crippen molar-refractivity contribution in [1.29, 1.82) is 0 Å². The van der Waals surface area contributed by atoms with Crippen LogP contribution in [0.5, 0.6) is 11.5 Å². The van der Waals surface area contributed by atoms with Crippen LogP contribution >= 0.6 is 51.5 Å². The second kappa shape index (κ2) is 13.6. The summed E-state index contributed by atoms with van der Waals surface area (Å²) in [5, 5.41) is 18.3. The van der Waals surface area contributed by atoms with Crippen LogP contribution in [-0.2, 0) is 13.2 Å². The molecule has 0 amide bonds. The number of nitro groups is 1. The first-order chi connectivity index (χ1) is 15.9. The number of ether oxygens (including phenoxy) is 2. The maximum Gasteiger partial charge on any atom is 0.271 e. The molecular weight excluding hydrogens is 569 g/mol. The number of non-ortho nitro benzene ring substituents is 1. The van der Waals surface area contributed by atoms with Crippen LogP contribution < -0.4 is 20.1 Å². The van der Waals surface area contributed by atoms with E-state index in [1.165, 1.54) is 12.1 Å². The van der Waals surface area contributed by atoms with Gasteiger partial charge in [-0.25, -0.2) is 0 Å². The van der Waals surface area contributed by atoms with Crippen LogP contribution in [0.1, 0.15) is 11.1 Å². The van der Waals surface area contributed by atoms with Gasteiger partial charge in [0.1, 0.15) is 6.61 Å². The van der Waals surface area contributed by atoms with E-state index in [-0.39, 0.29) is 18.1 Å². The normalized spacial score (nSPS) is 10.4. The smallest absolute Gasteiger partial charge is 0.271 e. The minimum Gasteiger partial charge on any atom is -0.493 e. The molecule has 0 fully saturated rings. The zero-order chi connectivity index (χ0) is 23.8. The first-order valence-corrected chi connectivity index (χ1v) is 11.5. The molecule has 2 N–H and O–H groups in total. The quantitative estimate of drug-likeness (QED) is 0.144. The third kappa shape index (κ3) is 7.65. The molecule has 0 saturated carbocycles. The highest BCUT2D eigenvalue weighted by atomic mass is 79.9. The predicted molar refractivity (Wildman–Crippen MR) is 142 cm³/mol. The predicted octanol–water partition coefficient (Wildman–Crippen LogP) is 6.88. The van der Waals surface area contributed by atoms with Gasteiger partial charge in [0.05, 0.1) is 27.2 Å². The van der Waals surface area contributed by atoms with Crippen molar-refractivity contribution < 1.29 is 14.4 Å². The lowest BCUT2D eigenvalue weighted by Gasteiger charge is -2.15. The number of nitrogens with zero attached hydrogens (tertiary/aromatic N) is 1. The Morgan fingerprint density at radius 3 is 2.50 bits per heavy atom. The second-order valence-electron chi connectivity index (χ2n) is 7.01. The van der Waals surface area contributed by atoms with Gasteiger partial charge >= 0.3 is 0 Å². The highest BCUT2D eigenvalue weighted by Gasteiger charge is 2.13. The first kappa shape index (κ1) is 28.0. The van der Waals surface area contributed by atoms with Crippen molar-refractivity contribution in [3.05, 3.63) is 90.4 Å². The fourth-order valence-electron chi connectivity index (χ4n) is 3.06. The summed E-state index contributed by atoms with van der Waals surface area (Å²) < 4.78 is 12.3. The zero-order valence-corrected chi connectivity index (χ0v) is 22.1. The number of hydrogen-bond acceptors (Lipinski definition) is 6. The van der Waals surface area contributed by atoms with E-state index in [2.05, 4.69) is 26.6 Å². The average Bonchev–Trinajstić information content (AvgIpc) is 2.79. The van der Waals surface area contributed by atoms with Gasteiger partial charge in [-0.2, -0.15) is 0 Å². The summed E-state index contributed by atoms with van der Waals surface area (Å²) >= 11 is 15.9. The van der Waals surface area contributed by atoms with Crippen molar-refractivity contribution in [3.63, 3.8) is 0 Å². The summed E-state index contributed by atoms with van der Waals surface area (Å²) in [5.41, 5.74) is 2.51. The average molecular weight is 592 g/mol. The molecule has 7 nitrogen and oxygen atoms in total. The zero-order valence-electron chi connectivity index (χ0n) is 18.1. The summed E-state index contributed by atoms with van der Waals surface area (Å²) in [6.07, 6.45) is 0. The van der Waals surface area contributed by atoms with Crippen LogP contribution in [0, 0.1) is 10.1 Å². The Labute approximate surface area is 222 Å². The van der Waals surface area contributed by atoms with E-state index in [1.54, 1.807) is 13.2 Å². The van der Waals surface area contributed by atoms with Gasteiger partial charge in [0.15, 0.2) is 11.5 Å². The Morgan fingerprint density at radius 2 is 1.82 bits per heavy atom. The molecule has 182 valence electrons. The molecule has 0 bridgehead atoms. The fourth-order valence-corrected chi connectivity index (χ4v) is 4.10. The number of nitro benzene ring substituents is 1. The van der Waals surface area contributed by atoms with E-state index in [1.807, 2.05) is 36.4 Å². The van der Waals surface area contributed by atoms with Crippen molar-refractivity contribution in [2.45, 2.75) is 13.2 Å². The summed E-state index contributed by atoms with van der Waals surface area (Å²) in [6, 6.07) is 15.8. The first-order valence-electron chi connectivity index (χ1n) is 10.00. The van der Waals surface area contributed by atoms with E-state index >= 15 is 0 Å². The molecule has 3 rings (SSSR count). The second-order valence-corrected chi connectivity index (χ2v) is 8.68. The van der Waals surface area contributed by atoms with Gasteiger partial charge in [0, 0.05) is 42.4 Å². The van der Waals surface area contributed by atoms with E-state index < -0.39 is 4.92 Å².